The average molecular weight is 323 g/mol. The summed E-state index contributed by atoms with van der Waals surface area (Å²) < 4.78 is 5.29. The Balaban J connectivity index is 2.23. The van der Waals surface area contributed by atoms with Crippen molar-refractivity contribution in [2.24, 2.45) is 5.73 Å². The minimum Gasteiger partial charge on any atom is -0.484 e. The van der Waals surface area contributed by atoms with Crippen molar-refractivity contribution >= 4 is 17.9 Å². The maximum Gasteiger partial charge on any atom is 0.404 e. The number of benzene rings is 1. The molecule has 0 saturated heterocycles. The maximum absolute atomic E-state index is 11.3. The summed E-state index contributed by atoms with van der Waals surface area (Å²) in [7, 11) is 0. The van der Waals surface area contributed by atoms with Gasteiger partial charge in [-0.3, -0.25) is 9.59 Å². The van der Waals surface area contributed by atoms with Gasteiger partial charge in [0.25, 0.3) is 5.91 Å². The summed E-state index contributed by atoms with van der Waals surface area (Å²) in [5.41, 5.74) is 6.01. The summed E-state index contributed by atoms with van der Waals surface area (Å²) in [6.07, 6.45) is 1.47. The molecule has 0 atom stereocenters. The van der Waals surface area contributed by atoms with Gasteiger partial charge in [-0.05, 0) is 37.0 Å². The molecule has 0 aliphatic rings. The van der Waals surface area contributed by atoms with Crippen molar-refractivity contribution in [2.45, 2.75) is 19.3 Å². The topological polar surface area (TPSA) is 131 Å². The predicted molar refractivity (Wildman–Crippen MR) is 83.1 cm³/mol. The van der Waals surface area contributed by atoms with Crippen molar-refractivity contribution in [3.05, 3.63) is 29.8 Å². The van der Waals surface area contributed by atoms with E-state index in [-0.39, 0.29) is 13.2 Å². The van der Waals surface area contributed by atoms with Gasteiger partial charge in [0.2, 0.25) is 5.91 Å². The zero-order valence-corrected chi connectivity index (χ0v) is 12.7. The van der Waals surface area contributed by atoms with E-state index in [1.807, 2.05) is 12.1 Å². The lowest BCUT2D eigenvalue weighted by Gasteiger charge is -2.07. The van der Waals surface area contributed by atoms with Crippen LogP contribution in [0.2, 0.25) is 0 Å². The Hall–Kier alpha value is -2.77. The molecular weight excluding hydrogens is 302 g/mol. The van der Waals surface area contributed by atoms with E-state index in [1.54, 1.807) is 12.1 Å². The first-order valence-corrected chi connectivity index (χ1v) is 7.21. The first-order valence-electron chi connectivity index (χ1n) is 7.21. The van der Waals surface area contributed by atoms with Crippen molar-refractivity contribution in [3.8, 4) is 5.75 Å². The number of ether oxygens (including phenoxy) is 1. The van der Waals surface area contributed by atoms with Gasteiger partial charge >= 0.3 is 6.09 Å². The number of primary amides is 1. The Bertz CT molecular complexity index is 530. The molecule has 0 fully saturated rings. The van der Waals surface area contributed by atoms with Crippen LogP contribution in [0.25, 0.3) is 0 Å². The van der Waals surface area contributed by atoms with Crippen LogP contribution in [0.3, 0.4) is 0 Å². The molecule has 0 bridgehead atoms. The van der Waals surface area contributed by atoms with Gasteiger partial charge in [0.15, 0.2) is 6.61 Å². The van der Waals surface area contributed by atoms with Gasteiger partial charge in [0, 0.05) is 6.54 Å². The third-order valence-corrected chi connectivity index (χ3v) is 2.92. The molecule has 1 aromatic rings. The average Bonchev–Trinajstić information content (AvgIpc) is 2.51. The van der Waals surface area contributed by atoms with Gasteiger partial charge in [0.1, 0.15) is 5.75 Å². The van der Waals surface area contributed by atoms with Crippen LogP contribution < -0.4 is 21.1 Å². The fraction of sp³-hybridized carbons (Fsp3) is 0.400. The van der Waals surface area contributed by atoms with Gasteiger partial charge < -0.3 is 26.2 Å². The van der Waals surface area contributed by atoms with Crippen LogP contribution in [0.1, 0.15) is 18.4 Å². The molecule has 0 radical (unpaired) electrons. The number of carbonyl (C=O) groups is 3. The van der Waals surface area contributed by atoms with E-state index >= 15 is 0 Å². The monoisotopic (exact) mass is 323 g/mol. The maximum atomic E-state index is 11.3. The lowest BCUT2D eigenvalue weighted by atomic mass is 10.1. The van der Waals surface area contributed by atoms with Gasteiger partial charge in [-0.2, -0.15) is 0 Å². The highest BCUT2D eigenvalue weighted by molar-refractivity contribution is 5.84. The van der Waals surface area contributed by atoms with E-state index in [0.717, 1.165) is 24.8 Å². The number of nitrogens with one attached hydrogen (secondary N) is 2. The van der Waals surface area contributed by atoms with Crippen molar-refractivity contribution in [1.82, 2.24) is 10.6 Å². The molecule has 0 aromatic heterocycles. The van der Waals surface area contributed by atoms with E-state index in [1.165, 1.54) is 0 Å². The molecule has 8 nitrogen and oxygen atoms in total. The number of aryl methyl sites for hydroxylation is 1. The zero-order valence-electron chi connectivity index (χ0n) is 12.7. The minimum atomic E-state index is -1.01. The predicted octanol–water partition coefficient (Wildman–Crippen LogP) is 0.257. The molecule has 0 saturated carbocycles. The number of rotatable bonds is 10. The molecule has 0 unspecified atom stereocenters. The number of hydrogen-bond acceptors (Lipinski definition) is 4. The largest absolute Gasteiger partial charge is 0.484 e. The van der Waals surface area contributed by atoms with Crippen LogP contribution in [0.4, 0.5) is 4.79 Å². The molecule has 0 heterocycles. The molecule has 126 valence electrons. The van der Waals surface area contributed by atoms with Crippen molar-refractivity contribution < 1.29 is 24.2 Å². The summed E-state index contributed by atoms with van der Waals surface area (Å²) in [6, 6.07) is 7.29. The Morgan fingerprint density at radius 3 is 2.39 bits per heavy atom. The highest BCUT2D eigenvalue weighted by atomic mass is 16.5. The molecule has 0 aliphatic heterocycles. The van der Waals surface area contributed by atoms with Crippen molar-refractivity contribution in [2.75, 3.05) is 19.7 Å². The molecule has 0 aliphatic carbocycles. The number of carbonyl (C=O) groups excluding carboxylic acids is 2. The van der Waals surface area contributed by atoms with Crippen LogP contribution in [0.5, 0.6) is 5.75 Å². The smallest absolute Gasteiger partial charge is 0.404 e. The summed E-state index contributed by atoms with van der Waals surface area (Å²) in [4.78, 5) is 32.1. The van der Waals surface area contributed by atoms with E-state index < -0.39 is 17.9 Å². The summed E-state index contributed by atoms with van der Waals surface area (Å²) in [5, 5.41) is 13.1. The Labute approximate surface area is 134 Å². The van der Waals surface area contributed by atoms with E-state index in [2.05, 4.69) is 10.6 Å². The number of nitrogens with two attached hydrogens (primary N) is 1. The number of unbranched alkanes of at least 4 members (excludes halogenated alkanes) is 1. The Morgan fingerprint density at radius 2 is 1.78 bits per heavy atom. The third-order valence-electron chi connectivity index (χ3n) is 2.92. The Kier molecular flexibility index (Phi) is 7.98. The van der Waals surface area contributed by atoms with Gasteiger partial charge in [-0.25, -0.2) is 4.79 Å². The van der Waals surface area contributed by atoms with Crippen LogP contribution in [-0.4, -0.2) is 42.7 Å². The lowest BCUT2D eigenvalue weighted by Crippen LogP contribution is -2.36. The van der Waals surface area contributed by atoms with Gasteiger partial charge in [-0.15, -0.1) is 0 Å². The number of carboxylic acid groups (broad SMARTS) is 1. The molecule has 1 rings (SSSR count). The fourth-order valence-electron chi connectivity index (χ4n) is 1.79. The number of hydrogen-bond donors (Lipinski definition) is 4. The van der Waals surface area contributed by atoms with E-state index in [0.29, 0.717) is 12.3 Å². The molecule has 23 heavy (non-hydrogen) atoms. The first kappa shape index (κ1) is 18.3. The number of amides is 3. The summed E-state index contributed by atoms with van der Waals surface area (Å²) >= 11 is 0. The SMILES string of the molecule is NC(=O)CNC(=O)COc1ccc(CCCCNC(=O)O)cc1. The molecule has 3 amide bonds. The fourth-order valence-corrected chi connectivity index (χ4v) is 1.79. The zero-order chi connectivity index (χ0) is 17.1. The van der Waals surface area contributed by atoms with E-state index in [4.69, 9.17) is 15.6 Å². The molecule has 8 heteroatoms. The second kappa shape index (κ2) is 10.0. The summed E-state index contributed by atoms with van der Waals surface area (Å²) in [6.45, 7) is 0.0439. The lowest BCUT2D eigenvalue weighted by molar-refractivity contribution is -0.126. The van der Waals surface area contributed by atoms with Crippen molar-refractivity contribution in [1.29, 1.82) is 0 Å². The molecule has 0 spiro atoms. The highest BCUT2D eigenvalue weighted by Crippen LogP contribution is 2.13. The third kappa shape index (κ3) is 8.97. The normalized spacial score (nSPS) is 9.91. The van der Waals surface area contributed by atoms with E-state index in [9.17, 15) is 14.4 Å². The van der Waals surface area contributed by atoms with Crippen LogP contribution >= 0.6 is 0 Å². The molecule has 1 aromatic carbocycles. The molecular formula is C15H21N3O5. The minimum absolute atomic E-state index is 0.187. The van der Waals surface area contributed by atoms with Crippen LogP contribution in [0, 0.1) is 0 Å². The van der Waals surface area contributed by atoms with Crippen LogP contribution in [0.15, 0.2) is 24.3 Å². The molecule has 5 N–H and O–H groups in total. The van der Waals surface area contributed by atoms with Gasteiger partial charge in [-0.1, -0.05) is 12.1 Å². The first-order chi connectivity index (χ1) is 11.0. The summed E-state index contributed by atoms with van der Waals surface area (Å²) in [5.74, 6) is -0.476. The Morgan fingerprint density at radius 1 is 1.09 bits per heavy atom. The second-order valence-electron chi connectivity index (χ2n) is 4.86. The second-order valence-corrected chi connectivity index (χ2v) is 4.86. The van der Waals surface area contributed by atoms with Gasteiger partial charge in [0.05, 0.1) is 6.54 Å². The quantitative estimate of drug-likeness (QED) is 0.459. The highest BCUT2D eigenvalue weighted by Gasteiger charge is 2.04. The van der Waals surface area contributed by atoms with Crippen LogP contribution in [-0.2, 0) is 16.0 Å². The standard InChI is InChI=1S/C15H21N3O5/c16-13(19)9-18-14(20)10-23-12-6-4-11(5-7-12)3-1-2-8-17-15(21)22/h4-7,17H,1-3,8-10H2,(H2,16,19)(H,18,20)(H,21,22). The van der Waals surface area contributed by atoms with Crippen molar-refractivity contribution in [3.63, 3.8) is 0 Å².